The first-order valence-corrected chi connectivity index (χ1v) is 11.7. The number of halogens is 1. The van der Waals surface area contributed by atoms with Gasteiger partial charge in [0.05, 0.1) is 13.1 Å². The summed E-state index contributed by atoms with van der Waals surface area (Å²) in [5, 5.41) is 0.738. The van der Waals surface area contributed by atoms with E-state index in [1.54, 1.807) is 4.90 Å². The van der Waals surface area contributed by atoms with E-state index in [0.29, 0.717) is 38.5 Å². The zero-order valence-electron chi connectivity index (χ0n) is 19.3. The number of amides is 2. The summed E-state index contributed by atoms with van der Waals surface area (Å²) in [6, 6.07) is 11.9. The van der Waals surface area contributed by atoms with Gasteiger partial charge in [-0.05, 0) is 36.1 Å². The highest BCUT2D eigenvalue weighted by atomic mass is 35.5. The second kappa shape index (κ2) is 12.6. The van der Waals surface area contributed by atoms with Crippen molar-refractivity contribution in [3.05, 3.63) is 58.9 Å². The minimum absolute atomic E-state index is 0.00269. The molecular formula is C25H36ClN3O2. The van der Waals surface area contributed by atoms with Crippen molar-refractivity contribution in [3.63, 3.8) is 0 Å². The second-order valence-electron chi connectivity index (χ2n) is 8.41. The van der Waals surface area contributed by atoms with E-state index >= 15 is 0 Å². The molecule has 0 spiro atoms. The molecule has 0 saturated heterocycles. The van der Waals surface area contributed by atoms with Crippen LogP contribution >= 0.6 is 11.6 Å². The van der Waals surface area contributed by atoms with E-state index in [1.807, 2.05) is 54.4 Å². The Bertz CT molecular complexity index is 847. The van der Waals surface area contributed by atoms with Crippen molar-refractivity contribution in [1.82, 2.24) is 14.4 Å². The summed E-state index contributed by atoms with van der Waals surface area (Å²) in [7, 11) is 0. The summed E-state index contributed by atoms with van der Waals surface area (Å²) >= 11 is 6.35. The molecule has 2 amide bonds. The molecule has 0 aliphatic rings. The number of unbranched alkanes of at least 4 members (excludes halogenated alkanes) is 1. The molecule has 170 valence electrons. The molecule has 0 aliphatic carbocycles. The molecule has 1 aromatic carbocycles. The van der Waals surface area contributed by atoms with Gasteiger partial charge in [0.2, 0.25) is 11.8 Å². The lowest BCUT2D eigenvalue weighted by Gasteiger charge is -2.29. The van der Waals surface area contributed by atoms with Crippen LogP contribution in [0.5, 0.6) is 0 Å². The monoisotopic (exact) mass is 445 g/mol. The summed E-state index contributed by atoms with van der Waals surface area (Å²) < 4.78 is 2.13. The third-order valence-electron chi connectivity index (χ3n) is 5.28. The lowest BCUT2D eigenvalue weighted by atomic mass is 10.2. The maximum Gasteiger partial charge on any atom is 0.242 e. The Morgan fingerprint density at radius 3 is 2.42 bits per heavy atom. The Balaban J connectivity index is 2.16. The molecule has 2 rings (SSSR count). The summed E-state index contributed by atoms with van der Waals surface area (Å²) in [5.74, 6) is 0.368. The number of benzene rings is 1. The van der Waals surface area contributed by atoms with Crippen LogP contribution in [0.4, 0.5) is 0 Å². The van der Waals surface area contributed by atoms with Crippen molar-refractivity contribution in [2.75, 3.05) is 19.6 Å². The predicted molar refractivity (Wildman–Crippen MR) is 127 cm³/mol. The van der Waals surface area contributed by atoms with E-state index in [4.69, 9.17) is 11.6 Å². The maximum absolute atomic E-state index is 13.2. The van der Waals surface area contributed by atoms with Crippen LogP contribution in [-0.2, 0) is 22.7 Å². The van der Waals surface area contributed by atoms with Crippen molar-refractivity contribution in [3.8, 4) is 0 Å². The third kappa shape index (κ3) is 7.73. The molecular weight excluding hydrogens is 410 g/mol. The van der Waals surface area contributed by atoms with Gasteiger partial charge in [-0.3, -0.25) is 9.59 Å². The minimum Gasteiger partial charge on any atom is -0.345 e. The van der Waals surface area contributed by atoms with Crippen LogP contribution in [0.15, 0.2) is 42.6 Å². The van der Waals surface area contributed by atoms with Gasteiger partial charge in [-0.1, -0.05) is 63.9 Å². The Labute approximate surface area is 192 Å². The number of hydrogen-bond acceptors (Lipinski definition) is 2. The SMILES string of the molecule is CCCCN(CC(=O)N(Cc1cccn1Cc1ccccc1Cl)CC(C)C)C(=O)CC. The van der Waals surface area contributed by atoms with E-state index in [0.717, 1.165) is 29.1 Å². The van der Waals surface area contributed by atoms with Crippen LogP contribution < -0.4 is 0 Å². The largest absolute Gasteiger partial charge is 0.345 e. The number of carbonyl (C=O) groups is 2. The minimum atomic E-state index is -0.00269. The van der Waals surface area contributed by atoms with Gasteiger partial charge in [-0.25, -0.2) is 0 Å². The highest BCUT2D eigenvalue weighted by Crippen LogP contribution is 2.18. The van der Waals surface area contributed by atoms with Gasteiger partial charge in [0.1, 0.15) is 0 Å². The molecule has 0 radical (unpaired) electrons. The average Bonchev–Trinajstić information content (AvgIpc) is 3.17. The van der Waals surface area contributed by atoms with Gasteiger partial charge in [-0.15, -0.1) is 0 Å². The van der Waals surface area contributed by atoms with Gasteiger partial charge < -0.3 is 14.4 Å². The van der Waals surface area contributed by atoms with Crippen LogP contribution in [-0.4, -0.2) is 45.8 Å². The van der Waals surface area contributed by atoms with Crippen molar-refractivity contribution in [1.29, 1.82) is 0 Å². The molecule has 6 heteroatoms. The van der Waals surface area contributed by atoms with Gasteiger partial charge in [-0.2, -0.15) is 0 Å². The highest BCUT2D eigenvalue weighted by Gasteiger charge is 2.22. The number of aromatic nitrogens is 1. The molecule has 5 nitrogen and oxygen atoms in total. The molecule has 0 aliphatic heterocycles. The highest BCUT2D eigenvalue weighted by molar-refractivity contribution is 6.31. The molecule has 0 fully saturated rings. The lowest BCUT2D eigenvalue weighted by Crippen LogP contribution is -2.44. The molecule has 1 heterocycles. The molecule has 0 atom stereocenters. The van der Waals surface area contributed by atoms with Gasteiger partial charge in [0, 0.05) is 43.0 Å². The van der Waals surface area contributed by atoms with Crippen molar-refractivity contribution in [2.45, 2.75) is 60.0 Å². The van der Waals surface area contributed by atoms with Crippen molar-refractivity contribution in [2.24, 2.45) is 5.92 Å². The van der Waals surface area contributed by atoms with Crippen LogP contribution in [0.25, 0.3) is 0 Å². The number of hydrogen-bond donors (Lipinski definition) is 0. The van der Waals surface area contributed by atoms with E-state index in [2.05, 4.69) is 25.3 Å². The maximum atomic E-state index is 13.2. The zero-order chi connectivity index (χ0) is 22.8. The smallest absolute Gasteiger partial charge is 0.242 e. The van der Waals surface area contributed by atoms with Crippen LogP contribution in [0, 0.1) is 5.92 Å². The Kier molecular flexibility index (Phi) is 10.1. The summed E-state index contributed by atoms with van der Waals surface area (Å²) in [5.41, 5.74) is 2.10. The summed E-state index contributed by atoms with van der Waals surface area (Å²) in [4.78, 5) is 29.2. The average molecular weight is 446 g/mol. The second-order valence-corrected chi connectivity index (χ2v) is 8.82. The molecule has 1 aromatic heterocycles. The first-order valence-electron chi connectivity index (χ1n) is 11.3. The van der Waals surface area contributed by atoms with E-state index < -0.39 is 0 Å². The summed E-state index contributed by atoms with van der Waals surface area (Å²) in [6.07, 6.45) is 4.34. The Hall–Kier alpha value is -2.27. The molecule has 2 aromatic rings. The lowest BCUT2D eigenvalue weighted by molar-refractivity contribution is -0.141. The number of nitrogens with zero attached hydrogens (tertiary/aromatic N) is 3. The molecule has 0 saturated carbocycles. The normalized spacial score (nSPS) is 11.0. The quantitative estimate of drug-likeness (QED) is 0.450. The van der Waals surface area contributed by atoms with Gasteiger partial charge in [0.25, 0.3) is 0 Å². The van der Waals surface area contributed by atoms with Gasteiger partial charge >= 0.3 is 0 Å². The van der Waals surface area contributed by atoms with Crippen LogP contribution in [0.1, 0.15) is 58.2 Å². The Morgan fingerprint density at radius 2 is 1.77 bits per heavy atom. The van der Waals surface area contributed by atoms with Crippen molar-refractivity contribution < 1.29 is 9.59 Å². The predicted octanol–water partition coefficient (Wildman–Crippen LogP) is 5.21. The van der Waals surface area contributed by atoms with Crippen LogP contribution in [0.3, 0.4) is 0 Å². The molecule has 0 unspecified atom stereocenters. The van der Waals surface area contributed by atoms with E-state index in [9.17, 15) is 9.59 Å². The molecule has 0 N–H and O–H groups in total. The molecule has 31 heavy (non-hydrogen) atoms. The Morgan fingerprint density at radius 1 is 1.03 bits per heavy atom. The van der Waals surface area contributed by atoms with Gasteiger partial charge in [0.15, 0.2) is 0 Å². The van der Waals surface area contributed by atoms with E-state index in [-0.39, 0.29) is 18.4 Å². The number of carbonyl (C=O) groups excluding carboxylic acids is 2. The fourth-order valence-electron chi connectivity index (χ4n) is 3.58. The summed E-state index contributed by atoms with van der Waals surface area (Å²) in [6.45, 7) is 10.7. The zero-order valence-corrected chi connectivity index (χ0v) is 20.1. The fraction of sp³-hybridized carbons (Fsp3) is 0.520. The van der Waals surface area contributed by atoms with Crippen molar-refractivity contribution >= 4 is 23.4 Å². The number of rotatable bonds is 12. The first kappa shape index (κ1) is 25.0. The third-order valence-corrected chi connectivity index (χ3v) is 5.64. The fourth-order valence-corrected chi connectivity index (χ4v) is 3.77. The molecule has 0 bridgehead atoms. The standard InChI is InChI=1S/C25H36ClN3O2/c1-5-7-14-28(24(30)6-2)19-25(31)29(16-20(3)4)18-22-12-10-15-27(22)17-21-11-8-9-13-23(21)26/h8-13,15,20H,5-7,14,16-19H2,1-4H3. The topological polar surface area (TPSA) is 45.6 Å². The van der Waals surface area contributed by atoms with Crippen LogP contribution in [0.2, 0.25) is 5.02 Å². The van der Waals surface area contributed by atoms with E-state index in [1.165, 1.54) is 0 Å². The first-order chi connectivity index (χ1) is 14.8.